The van der Waals surface area contributed by atoms with Crippen LogP contribution >= 0.6 is 0 Å². The summed E-state index contributed by atoms with van der Waals surface area (Å²) in [7, 11) is 2.13. The van der Waals surface area contributed by atoms with Crippen LogP contribution in [0.2, 0.25) is 0 Å². The van der Waals surface area contributed by atoms with Crippen molar-refractivity contribution in [2.45, 2.75) is 26.2 Å². The van der Waals surface area contributed by atoms with E-state index in [0.29, 0.717) is 0 Å². The highest BCUT2D eigenvalue weighted by molar-refractivity contribution is 5.79. The molecule has 2 nitrogen and oxygen atoms in total. The molecule has 0 atom stereocenters. The first-order valence-electron chi connectivity index (χ1n) is 10.8. The van der Waals surface area contributed by atoms with Crippen molar-refractivity contribution in [2.24, 2.45) is 0 Å². The lowest BCUT2D eigenvalue weighted by atomic mass is 9.87. The van der Waals surface area contributed by atoms with Gasteiger partial charge in [0.2, 0.25) is 0 Å². The summed E-state index contributed by atoms with van der Waals surface area (Å²) in [5.41, 5.74) is 7.24. The van der Waals surface area contributed by atoms with E-state index < -0.39 is 0 Å². The average Bonchev–Trinajstić information content (AvgIpc) is 2.80. The van der Waals surface area contributed by atoms with Gasteiger partial charge in [0, 0.05) is 35.5 Å². The smallest absolute Gasteiger partial charge is 0.0482 e. The van der Waals surface area contributed by atoms with Gasteiger partial charge < -0.3 is 9.80 Å². The average molecular weight is 407 g/mol. The van der Waals surface area contributed by atoms with E-state index >= 15 is 0 Å². The van der Waals surface area contributed by atoms with Crippen LogP contribution in [-0.4, -0.2) is 7.05 Å². The zero-order valence-electron chi connectivity index (χ0n) is 18.8. The molecule has 0 unspecified atom stereocenters. The third kappa shape index (κ3) is 4.64. The predicted molar refractivity (Wildman–Crippen MR) is 134 cm³/mol. The van der Waals surface area contributed by atoms with Gasteiger partial charge in [-0.2, -0.15) is 0 Å². The Balaban J connectivity index is 1.70. The monoisotopic (exact) mass is 406 g/mol. The van der Waals surface area contributed by atoms with Crippen molar-refractivity contribution in [3.05, 3.63) is 115 Å². The van der Waals surface area contributed by atoms with Crippen LogP contribution in [0.25, 0.3) is 0 Å². The molecule has 0 radical (unpaired) electrons. The maximum Gasteiger partial charge on any atom is 0.0482 e. The Morgan fingerprint density at radius 1 is 0.484 bits per heavy atom. The molecule has 0 aliphatic carbocycles. The number of rotatable bonds is 5. The molecule has 0 saturated heterocycles. The summed E-state index contributed by atoms with van der Waals surface area (Å²) in [6, 6.07) is 38.6. The summed E-state index contributed by atoms with van der Waals surface area (Å²) in [5, 5.41) is 0. The summed E-state index contributed by atoms with van der Waals surface area (Å²) in [5.74, 6) is 0. The van der Waals surface area contributed by atoms with Gasteiger partial charge in [-0.15, -0.1) is 0 Å². The maximum absolute atomic E-state index is 2.29. The van der Waals surface area contributed by atoms with Crippen molar-refractivity contribution in [1.29, 1.82) is 0 Å². The molecule has 0 aliphatic heterocycles. The first-order valence-corrected chi connectivity index (χ1v) is 10.8. The lowest BCUT2D eigenvalue weighted by Gasteiger charge is -2.27. The number of para-hydroxylation sites is 2. The van der Waals surface area contributed by atoms with E-state index in [-0.39, 0.29) is 5.41 Å². The van der Waals surface area contributed by atoms with Gasteiger partial charge in [0.15, 0.2) is 0 Å². The molecular weight excluding hydrogens is 376 g/mol. The zero-order valence-corrected chi connectivity index (χ0v) is 18.8. The van der Waals surface area contributed by atoms with E-state index in [0.717, 1.165) is 22.7 Å². The Bertz CT molecular complexity index is 1070. The summed E-state index contributed by atoms with van der Waals surface area (Å²) >= 11 is 0. The second kappa shape index (κ2) is 8.69. The Hall–Kier alpha value is -3.52. The van der Waals surface area contributed by atoms with E-state index in [1.54, 1.807) is 0 Å². The molecule has 0 spiro atoms. The van der Waals surface area contributed by atoms with Crippen LogP contribution in [0.3, 0.4) is 0 Å². The topological polar surface area (TPSA) is 6.48 Å². The summed E-state index contributed by atoms with van der Waals surface area (Å²) in [6.07, 6.45) is 0. The van der Waals surface area contributed by atoms with Crippen molar-refractivity contribution in [3.8, 4) is 0 Å². The molecule has 0 aromatic heterocycles. The Morgan fingerprint density at radius 2 is 0.968 bits per heavy atom. The predicted octanol–water partition coefficient (Wildman–Crippen LogP) is 8.22. The number of anilines is 5. The standard InChI is InChI=1S/C29H30N2/c1-29(2,3)23-18-20-24(21-19-23)30(4)27-16-11-17-28(22-27)31(25-12-7-5-8-13-25)26-14-9-6-10-15-26/h5-22H,1-4H3. The zero-order chi connectivity index (χ0) is 21.8. The third-order valence-corrected chi connectivity index (χ3v) is 5.62. The van der Waals surface area contributed by atoms with Crippen LogP contribution in [0.5, 0.6) is 0 Å². The lowest BCUT2D eigenvalue weighted by Crippen LogP contribution is -2.14. The first kappa shape index (κ1) is 20.7. The molecule has 4 aromatic rings. The molecule has 0 amide bonds. The van der Waals surface area contributed by atoms with Gasteiger partial charge in [-0.3, -0.25) is 0 Å². The Morgan fingerprint density at radius 3 is 1.48 bits per heavy atom. The molecule has 0 aliphatic rings. The minimum absolute atomic E-state index is 0.156. The van der Waals surface area contributed by atoms with Gasteiger partial charge in [0.05, 0.1) is 0 Å². The number of hydrogen-bond acceptors (Lipinski definition) is 2. The summed E-state index contributed by atoms with van der Waals surface area (Å²) in [4.78, 5) is 4.53. The second-order valence-electron chi connectivity index (χ2n) is 8.88. The number of hydrogen-bond donors (Lipinski definition) is 0. The van der Waals surface area contributed by atoms with E-state index in [9.17, 15) is 0 Å². The second-order valence-corrected chi connectivity index (χ2v) is 8.88. The fourth-order valence-electron chi connectivity index (χ4n) is 3.78. The fraction of sp³-hybridized carbons (Fsp3) is 0.172. The van der Waals surface area contributed by atoms with Crippen molar-refractivity contribution >= 4 is 28.4 Å². The van der Waals surface area contributed by atoms with Crippen LogP contribution in [0.4, 0.5) is 28.4 Å². The molecule has 0 heterocycles. The van der Waals surface area contributed by atoms with Crippen molar-refractivity contribution in [1.82, 2.24) is 0 Å². The van der Waals surface area contributed by atoms with Crippen molar-refractivity contribution in [2.75, 3.05) is 16.8 Å². The van der Waals surface area contributed by atoms with Gasteiger partial charge in [-0.05, 0) is 65.6 Å². The maximum atomic E-state index is 2.29. The van der Waals surface area contributed by atoms with Gasteiger partial charge in [0.1, 0.15) is 0 Å². The first-order chi connectivity index (χ1) is 14.9. The highest BCUT2D eigenvalue weighted by Gasteiger charge is 2.15. The molecule has 0 bridgehead atoms. The molecule has 31 heavy (non-hydrogen) atoms. The molecule has 0 N–H and O–H groups in total. The van der Waals surface area contributed by atoms with Crippen LogP contribution < -0.4 is 9.80 Å². The normalized spacial score (nSPS) is 11.2. The number of nitrogens with zero attached hydrogens (tertiary/aromatic N) is 2. The quantitative estimate of drug-likeness (QED) is 0.329. The van der Waals surface area contributed by atoms with Crippen LogP contribution in [0.1, 0.15) is 26.3 Å². The fourth-order valence-corrected chi connectivity index (χ4v) is 3.78. The molecule has 0 saturated carbocycles. The molecule has 4 aromatic carbocycles. The summed E-state index contributed by atoms with van der Waals surface area (Å²) < 4.78 is 0. The van der Waals surface area contributed by atoms with E-state index in [4.69, 9.17) is 0 Å². The van der Waals surface area contributed by atoms with Crippen LogP contribution in [0.15, 0.2) is 109 Å². The van der Waals surface area contributed by atoms with E-state index in [1.165, 1.54) is 11.3 Å². The number of benzene rings is 4. The van der Waals surface area contributed by atoms with Gasteiger partial charge in [0.25, 0.3) is 0 Å². The van der Waals surface area contributed by atoms with Gasteiger partial charge >= 0.3 is 0 Å². The largest absolute Gasteiger partial charge is 0.345 e. The Kier molecular flexibility index (Phi) is 5.81. The lowest BCUT2D eigenvalue weighted by molar-refractivity contribution is 0.590. The third-order valence-electron chi connectivity index (χ3n) is 5.62. The molecule has 156 valence electrons. The highest BCUT2D eigenvalue weighted by atomic mass is 15.2. The molecule has 0 fully saturated rings. The molecular formula is C29H30N2. The minimum atomic E-state index is 0.156. The van der Waals surface area contributed by atoms with Crippen LogP contribution in [-0.2, 0) is 5.41 Å². The SMILES string of the molecule is CN(c1ccc(C(C)(C)C)cc1)c1cccc(N(c2ccccc2)c2ccccc2)c1. The van der Waals surface area contributed by atoms with E-state index in [2.05, 4.69) is 147 Å². The van der Waals surface area contributed by atoms with Crippen molar-refractivity contribution < 1.29 is 0 Å². The van der Waals surface area contributed by atoms with Gasteiger partial charge in [-0.1, -0.05) is 75.4 Å². The molecule has 4 rings (SSSR count). The minimum Gasteiger partial charge on any atom is -0.345 e. The van der Waals surface area contributed by atoms with Crippen LogP contribution in [0, 0.1) is 0 Å². The van der Waals surface area contributed by atoms with Gasteiger partial charge in [-0.25, -0.2) is 0 Å². The highest BCUT2D eigenvalue weighted by Crippen LogP contribution is 2.37. The summed E-state index contributed by atoms with van der Waals surface area (Å²) in [6.45, 7) is 6.74. The molecule has 2 heteroatoms. The van der Waals surface area contributed by atoms with E-state index in [1.807, 2.05) is 0 Å². The Labute approximate surface area is 186 Å². The van der Waals surface area contributed by atoms with Crippen molar-refractivity contribution in [3.63, 3.8) is 0 Å².